The largest absolute Gasteiger partial charge is 0.444 e. The Kier molecular flexibility index (Phi) is 5.87. The normalized spacial score (nSPS) is 11.2. The molecule has 0 spiro atoms. The van der Waals surface area contributed by atoms with E-state index in [1.807, 2.05) is 19.0 Å². The summed E-state index contributed by atoms with van der Waals surface area (Å²) in [5.74, 6) is 0.131. The minimum atomic E-state index is -0.585. The Morgan fingerprint density at radius 1 is 1.27 bits per heavy atom. The van der Waals surface area contributed by atoms with Gasteiger partial charge in [-0.25, -0.2) is 9.78 Å². The molecule has 2 N–H and O–H groups in total. The summed E-state index contributed by atoms with van der Waals surface area (Å²) in [6.07, 6.45) is -0.580. The first-order valence-electron chi connectivity index (χ1n) is 6.99. The third-order valence-corrected chi connectivity index (χ3v) is 2.54. The van der Waals surface area contributed by atoms with Gasteiger partial charge in [-0.2, -0.15) is 0 Å². The molecule has 22 heavy (non-hydrogen) atoms. The Labute approximate surface area is 131 Å². The molecule has 0 atom stereocenters. The third-order valence-electron chi connectivity index (χ3n) is 2.54. The Morgan fingerprint density at radius 2 is 1.91 bits per heavy atom. The Bertz CT molecular complexity index is 550. The second-order valence-corrected chi connectivity index (χ2v) is 6.13. The van der Waals surface area contributed by atoms with Gasteiger partial charge in [0, 0.05) is 13.6 Å². The predicted molar refractivity (Wildman–Crippen MR) is 84.9 cm³/mol. The van der Waals surface area contributed by atoms with Gasteiger partial charge in [0.15, 0.2) is 0 Å². The van der Waals surface area contributed by atoms with Crippen molar-refractivity contribution in [2.24, 2.45) is 0 Å². The second-order valence-electron chi connectivity index (χ2n) is 6.13. The lowest BCUT2D eigenvalue weighted by molar-refractivity contribution is 0.0635. The van der Waals surface area contributed by atoms with Crippen molar-refractivity contribution < 1.29 is 14.3 Å². The van der Waals surface area contributed by atoms with E-state index in [4.69, 9.17) is 4.74 Å². The number of nitrogens with one attached hydrogen (secondary N) is 2. The van der Waals surface area contributed by atoms with Crippen LogP contribution in [0.3, 0.4) is 0 Å². The molecule has 2 amide bonds. The molecule has 0 aromatic carbocycles. The van der Waals surface area contributed by atoms with Gasteiger partial charge in [0.05, 0.1) is 11.3 Å². The van der Waals surface area contributed by atoms with E-state index in [9.17, 15) is 9.59 Å². The Hall–Kier alpha value is -2.15. The van der Waals surface area contributed by atoms with Crippen LogP contribution in [0.2, 0.25) is 0 Å². The fourth-order valence-electron chi connectivity index (χ4n) is 1.74. The van der Waals surface area contributed by atoms with Gasteiger partial charge < -0.3 is 15.0 Å². The van der Waals surface area contributed by atoms with Crippen LogP contribution in [-0.4, -0.2) is 48.6 Å². The van der Waals surface area contributed by atoms with Crippen LogP contribution >= 0.6 is 0 Å². The molecule has 0 saturated heterocycles. The molecule has 0 fully saturated rings. The number of hydrogen-bond acceptors (Lipinski definition) is 5. The number of hydrogen-bond donors (Lipinski definition) is 2. The highest BCUT2D eigenvalue weighted by Gasteiger charge is 2.18. The van der Waals surface area contributed by atoms with Crippen molar-refractivity contribution >= 4 is 17.8 Å². The highest BCUT2D eigenvalue weighted by atomic mass is 16.6. The summed E-state index contributed by atoms with van der Waals surface area (Å²) in [7, 11) is 5.32. The van der Waals surface area contributed by atoms with Gasteiger partial charge in [-0.1, -0.05) is 0 Å². The third kappa shape index (κ3) is 5.69. The number of amides is 2. The SMILES string of the molecule is CNC(=O)c1ccc(NC(=O)OC(C)(C)C)nc1CN(C)C. The highest BCUT2D eigenvalue weighted by Crippen LogP contribution is 2.15. The number of nitrogens with zero attached hydrogens (tertiary/aromatic N) is 2. The zero-order valence-corrected chi connectivity index (χ0v) is 14.0. The summed E-state index contributed by atoms with van der Waals surface area (Å²) >= 11 is 0. The molecule has 122 valence electrons. The first-order chi connectivity index (χ1) is 10.1. The number of carbonyl (C=O) groups is 2. The first-order valence-corrected chi connectivity index (χ1v) is 6.99. The van der Waals surface area contributed by atoms with E-state index < -0.39 is 11.7 Å². The molecule has 1 heterocycles. The van der Waals surface area contributed by atoms with Crippen LogP contribution in [-0.2, 0) is 11.3 Å². The number of anilines is 1. The average Bonchev–Trinajstić information content (AvgIpc) is 2.35. The maximum absolute atomic E-state index is 11.9. The zero-order chi connectivity index (χ0) is 16.9. The zero-order valence-electron chi connectivity index (χ0n) is 14.0. The average molecular weight is 308 g/mol. The van der Waals surface area contributed by atoms with E-state index in [0.29, 0.717) is 23.6 Å². The van der Waals surface area contributed by atoms with Crippen molar-refractivity contribution in [1.82, 2.24) is 15.2 Å². The standard InChI is InChI=1S/C15H24N4O3/c1-15(2,3)22-14(21)18-12-8-7-10(13(20)16-4)11(17-12)9-19(5)6/h7-8H,9H2,1-6H3,(H,16,20)(H,17,18,21). The summed E-state index contributed by atoms with van der Waals surface area (Å²) in [6.45, 7) is 5.83. The minimum absolute atomic E-state index is 0.215. The summed E-state index contributed by atoms with van der Waals surface area (Å²) in [5, 5.41) is 5.15. The summed E-state index contributed by atoms with van der Waals surface area (Å²) in [6, 6.07) is 3.21. The van der Waals surface area contributed by atoms with E-state index in [1.165, 1.54) is 0 Å². The molecule has 0 aliphatic rings. The Balaban J connectivity index is 2.98. The van der Waals surface area contributed by atoms with Crippen LogP contribution in [0.25, 0.3) is 0 Å². The molecule has 1 rings (SSSR count). The van der Waals surface area contributed by atoms with E-state index in [2.05, 4.69) is 15.6 Å². The number of ether oxygens (including phenoxy) is 1. The molecule has 0 radical (unpaired) electrons. The van der Waals surface area contributed by atoms with E-state index in [0.717, 1.165) is 0 Å². The number of rotatable bonds is 4. The molecule has 0 unspecified atom stereocenters. The van der Waals surface area contributed by atoms with Gasteiger partial charge in [0.1, 0.15) is 11.4 Å². The quantitative estimate of drug-likeness (QED) is 0.887. The van der Waals surface area contributed by atoms with Crippen LogP contribution in [0.5, 0.6) is 0 Å². The van der Waals surface area contributed by atoms with Crippen molar-refractivity contribution in [3.05, 3.63) is 23.4 Å². The van der Waals surface area contributed by atoms with Crippen LogP contribution in [0.1, 0.15) is 36.8 Å². The smallest absolute Gasteiger partial charge is 0.413 e. The lowest BCUT2D eigenvalue weighted by Gasteiger charge is -2.20. The second kappa shape index (κ2) is 7.22. The molecule has 0 aliphatic carbocycles. The van der Waals surface area contributed by atoms with Gasteiger partial charge in [0.25, 0.3) is 5.91 Å². The molecule has 1 aromatic rings. The fourth-order valence-corrected chi connectivity index (χ4v) is 1.74. The van der Waals surface area contributed by atoms with E-state index in [-0.39, 0.29) is 5.91 Å². The first kappa shape index (κ1) is 17.9. The maximum Gasteiger partial charge on any atom is 0.413 e. The monoisotopic (exact) mass is 308 g/mol. The summed E-state index contributed by atoms with van der Waals surface area (Å²) in [5.41, 5.74) is 0.474. The van der Waals surface area contributed by atoms with Crippen molar-refractivity contribution in [3.8, 4) is 0 Å². The van der Waals surface area contributed by atoms with Gasteiger partial charge in [0.2, 0.25) is 0 Å². The molecular formula is C15H24N4O3. The number of pyridine rings is 1. The van der Waals surface area contributed by atoms with E-state index >= 15 is 0 Å². The predicted octanol–water partition coefficient (Wildman–Crippen LogP) is 1.85. The molecular weight excluding hydrogens is 284 g/mol. The minimum Gasteiger partial charge on any atom is -0.444 e. The van der Waals surface area contributed by atoms with Gasteiger partial charge in [-0.3, -0.25) is 10.1 Å². The lowest BCUT2D eigenvalue weighted by atomic mass is 10.1. The molecule has 0 saturated carbocycles. The molecule has 1 aromatic heterocycles. The summed E-state index contributed by atoms with van der Waals surface area (Å²) < 4.78 is 5.18. The van der Waals surface area contributed by atoms with Crippen LogP contribution < -0.4 is 10.6 Å². The van der Waals surface area contributed by atoms with Crippen LogP contribution in [0, 0.1) is 0 Å². The van der Waals surface area contributed by atoms with Crippen molar-refractivity contribution in [1.29, 1.82) is 0 Å². The topological polar surface area (TPSA) is 83.6 Å². The van der Waals surface area contributed by atoms with Crippen LogP contribution in [0.4, 0.5) is 10.6 Å². The highest BCUT2D eigenvalue weighted by molar-refractivity contribution is 5.95. The van der Waals surface area contributed by atoms with Gasteiger partial charge >= 0.3 is 6.09 Å². The van der Waals surface area contributed by atoms with Gasteiger partial charge in [-0.15, -0.1) is 0 Å². The van der Waals surface area contributed by atoms with Crippen molar-refractivity contribution in [3.63, 3.8) is 0 Å². The molecule has 0 aliphatic heterocycles. The summed E-state index contributed by atoms with van der Waals surface area (Å²) in [4.78, 5) is 29.9. The van der Waals surface area contributed by atoms with E-state index in [1.54, 1.807) is 40.0 Å². The van der Waals surface area contributed by atoms with Crippen molar-refractivity contribution in [2.45, 2.75) is 32.9 Å². The maximum atomic E-state index is 11.9. The molecule has 7 heteroatoms. The lowest BCUT2D eigenvalue weighted by Crippen LogP contribution is -2.28. The fraction of sp³-hybridized carbons (Fsp3) is 0.533. The number of aromatic nitrogens is 1. The Morgan fingerprint density at radius 3 is 2.41 bits per heavy atom. The van der Waals surface area contributed by atoms with Crippen molar-refractivity contribution in [2.75, 3.05) is 26.5 Å². The molecule has 7 nitrogen and oxygen atoms in total. The number of carbonyl (C=O) groups excluding carboxylic acids is 2. The molecule has 0 bridgehead atoms. The van der Waals surface area contributed by atoms with Crippen LogP contribution in [0.15, 0.2) is 12.1 Å². The van der Waals surface area contributed by atoms with Gasteiger partial charge in [-0.05, 0) is 47.0 Å².